The number of amides is 2. The quantitative estimate of drug-likeness (QED) is 0.654. The lowest BCUT2D eigenvalue weighted by Gasteiger charge is -2.10. The van der Waals surface area contributed by atoms with Crippen molar-refractivity contribution in [2.75, 3.05) is 11.9 Å². The Hall–Kier alpha value is -3.16. The molecule has 2 aromatic rings. The SMILES string of the molecule is Cc1cccc(NC(=O)CC(=O)NCCn2[nH]c(=O)ccc2=O)c1C. The lowest BCUT2D eigenvalue weighted by Crippen LogP contribution is -2.35. The van der Waals surface area contributed by atoms with Crippen LogP contribution in [-0.4, -0.2) is 28.1 Å². The first-order valence-electron chi connectivity index (χ1n) is 7.80. The molecule has 0 spiro atoms. The fraction of sp³-hybridized carbons (Fsp3) is 0.294. The zero-order valence-corrected chi connectivity index (χ0v) is 14.1. The molecule has 8 heteroatoms. The van der Waals surface area contributed by atoms with E-state index in [0.717, 1.165) is 27.9 Å². The molecule has 8 nitrogen and oxygen atoms in total. The molecule has 0 aliphatic carbocycles. The molecule has 3 N–H and O–H groups in total. The molecule has 0 unspecified atom stereocenters. The first kappa shape index (κ1) is 18.2. The molecule has 0 radical (unpaired) electrons. The average molecular weight is 344 g/mol. The van der Waals surface area contributed by atoms with Crippen LogP contribution < -0.4 is 21.8 Å². The maximum Gasteiger partial charge on any atom is 0.265 e. The number of nitrogens with one attached hydrogen (secondary N) is 3. The van der Waals surface area contributed by atoms with Crippen molar-refractivity contribution in [2.45, 2.75) is 26.8 Å². The van der Waals surface area contributed by atoms with Gasteiger partial charge < -0.3 is 10.6 Å². The van der Waals surface area contributed by atoms with Gasteiger partial charge in [-0.3, -0.25) is 24.3 Å². The van der Waals surface area contributed by atoms with E-state index < -0.39 is 17.4 Å². The molecule has 1 aromatic carbocycles. The highest BCUT2D eigenvalue weighted by molar-refractivity contribution is 6.03. The number of rotatable bonds is 6. The zero-order chi connectivity index (χ0) is 18.4. The van der Waals surface area contributed by atoms with E-state index in [0.29, 0.717) is 5.69 Å². The number of carbonyl (C=O) groups excluding carboxylic acids is 2. The van der Waals surface area contributed by atoms with E-state index in [9.17, 15) is 19.2 Å². The van der Waals surface area contributed by atoms with Crippen LogP contribution in [0.15, 0.2) is 39.9 Å². The minimum absolute atomic E-state index is 0.110. The van der Waals surface area contributed by atoms with Gasteiger partial charge in [-0.15, -0.1) is 0 Å². The molecule has 2 rings (SSSR count). The van der Waals surface area contributed by atoms with Gasteiger partial charge in [-0.25, -0.2) is 4.68 Å². The fourth-order valence-electron chi connectivity index (χ4n) is 2.22. The lowest BCUT2D eigenvalue weighted by molar-refractivity contribution is -0.126. The monoisotopic (exact) mass is 344 g/mol. The molecule has 0 bridgehead atoms. The number of aromatic amines is 1. The van der Waals surface area contributed by atoms with Crippen molar-refractivity contribution in [3.8, 4) is 0 Å². The van der Waals surface area contributed by atoms with Crippen LogP contribution in [0.25, 0.3) is 0 Å². The van der Waals surface area contributed by atoms with Gasteiger partial charge >= 0.3 is 0 Å². The Labute approximate surface area is 143 Å². The van der Waals surface area contributed by atoms with Gasteiger partial charge in [0.15, 0.2) is 0 Å². The second-order valence-electron chi connectivity index (χ2n) is 5.62. The number of carbonyl (C=O) groups is 2. The van der Waals surface area contributed by atoms with E-state index in [1.165, 1.54) is 0 Å². The highest BCUT2D eigenvalue weighted by Gasteiger charge is 2.11. The molecule has 132 valence electrons. The van der Waals surface area contributed by atoms with E-state index in [4.69, 9.17) is 0 Å². The Morgan fingerprint density at radius 3 is 2.60 bits per heavy atom. The predicted octanol–water partition coefficient (Wildman–Crippen LogP) is 0.298. The number of nitrogens with zero attached hydrogens (tertiary/aromatic N) is 1. The Kier molecular flexibility index (Phi) is 5.89. The van der Waals surface area contributed by atoms with Gasteiger partial charge in [0.2, 0.25) is 11.8 Å². The average Bonchev–Trinajstić information content (AvgIpc) is 2.55. The van der Waals surface area contributed by atoms with Crippen molar-refractivity contribution in [2.24, 2.45) is 0 Å². The summed E-state index contributed by atoms with van der Waals surface area (Å²) in [6, 6.07) is 7.83. The minimum atomic E-state index is -0.464. The number of hydrogen-bond donors (Lipinski definition) is 3. The number of hydrogen-bond acceptors (Lipinski definition) is 4. The Morgan fingerprint density at radius 2 is 1.84 bits per heavy atom. The van der Waals surface area contributed by atoms with Crippen molar-refractivity contribution >= 4 is 17.5 Å². The molecular weight excluding hydrogens is 324 g/mol. The van der Waals surface area contributed by atoms with E-state index >= 15 is 0 Å². The molecule has 1 heterocycles. The van der Waals surface area contributed by atoms with Crippen LogP contribution in [0.5, 0.6) is 0 Å². The summed E-state index contributed by atoms with van der Waals surface area (Å²) >= 11 is 0. The Morgan fingerprint density at radius 1 is 1.08 bits per heavy atom. The van der Waals surface area contributed by atoms with Crippen LogP contribution >= 0.6 is 0 Å². The normalized spacial score (nSPS) is 10.3. The van der Waals surface area contributed by atoms with E-state index in [2.05, 4.69) is 15.7 Å². The maximum absolute atomic E-state index is 11.9. The number of aryl methyl sites for hydroxylation is 1. The van der Waals surface area contributed by atoms with Crippen molar-refractivity contribution < 1.29 is 9.59 Å². The van der Waals surface area contributed by atoms with Crippen molar-refractivity contribution in [1.82, 2.24) is 15.1 Å². The van der Waals surface area contributed by atoms with Gasteiger partial charge in [-0.1, -0.05) is 12.1 Å². The van der Waals surface area contributed by atoms with Crippen LogP contribution in [0.1, 0.15) is 17.5 Å². The van der Waals surface area contributed by atoms with E-state index in [-0.39, 0.29) is 25.1 Å². The number of aromatic nitrogens is 2. The van der Waals surface area contributed by atoms with Crippen LogP contribution in [-0.2, 0) is 16.1 Å². The number of anilines is 1. The Bertz CT molecular complexity index is 898. The van der Waals surface area contributed by atoms with Crippen molar-refractivity contribution in [3.05, 3.63) is 62.2 Å². The summed E-state index contributed by atoms with van der Waals surface area (Å²) in [6.45, 7) is 4.06. The van der Waals surface area contributed by atoms with Gasteiger partial charge in [0.05, 0.1) is 6.54 Å². The van der Waals surface area contributed by atoms with Gasteiger partial charge in [-0.2, -0.15) is 0 Å². The maximum atomic E-state index is 11.9. The van der Waals surface area contributed by atoms with E-state index in [1.54, 1.807) is 6.07 Å². The van der Waals surface area contributed by atoms with Gasteiger partial charge in [-0.05, 0) is 31.0 Å². The van der Waals surface area contributed by atoms with Crippen LogP contribution in [0, 0.1) is 13.8 Å². The summed E-state index contributed by atoms with van der Waals surface area (Å²) in [7, 11) is 0. The molecule has 0 fully saturated rings. The largest absolute Gasteiger partial charge is 0.354 e. The molecule has 1 aromatic heterocycles. The number of H-pyrrole nitrogens is 1. The molecule has 25 heavy (non-hydrogen) atoms. The second-order valence-corrected chi connectivity index (χ2v) is 5.62. The smallest absolute Gasteiger partial charge is 0.265 e. The van der Waals surface area contributed by atoms with Crippen LogP contribution in [0.2, 0.25) is 0 Å². The zero-order valence-electron chi connectivity index (χ0n) is 14.1. The van der Waals surface area contributed by atoms with Gasteiger partial charge in [0.1, 0.15) is 6.42 Å². The lowest BCUT2D eigenvalue weighted by atomic mass is 10.1. The van der Waals surface area contributed by atoms with Crippen molar-refractivity contribution in [3.63, 3.8) is 0 Å². The van der Waals surface area contributed by atoms with Crippen molar-refractivity contribution in [1.29, 1.82) is 0 Å². The molecular formula is C17H20N4O4. The highest BCUT2D eigenvalue weighted by Crippen LogP contribution is 2.17. The fourth-order valence-corrected chi connectivity index (χ4v) is 2.22. The van der Waals surface area contributed by atoms with Crippen LogP contribution in [0.4, 0.5) is 5.69 Å². The van der Waals surface area contributed by atoms with Gasteiger partial charge in [0, 0.05) is 24.4 Å². The second kappa shape index (κ2) is 8.09. The number of benzene rings is 1. The van der Waals surface area contributed by atoms with E-state index in [1.807, 2.05) is 26.0 Å². The summed E-state index contributed by atoms with van der Waals surface area (Å²) < 4.78 is 1.10. The molecule has 0 aliphatic rings. The molecule has 0 saturated heterocycles. The minimum Gasteiger partial charge on any atom is -0.354 e. The summed E-state index contributed by atoms with van der Waals surface area (Å²) in [5.74, 6) is -0.884. The highest BCUT2D eigenvalue weighted by atomic mass is 16.2. The molecule has 0 saturated carbocycles. The molecule has 0 atom stereocenters. The Balaban J connectivity index is 1.82. The third-order valence-corrected chi connectivity index (χ3v) is 3.75. The summed E-state index contributed by atoms with van der Waals surface area (Å²) in [5, 5.41) is 7.60. The summed E-state index contributed by atoms with van der Waals surface area (Å²) in [6.07, 6.45) is -0.326. The predicted molar refractivity (Wildman–Crippen MR) is 93.5 cm³/mol. The topological polar surface area (TPSA) is 113 Å². The first-order chi connectivity index (χ1) is 11.9. The third-order valence-electron chi connectivity index (χ3n) is 3.75. The molecule has 2 amide bonds. The first-order valence-corrected chi connectivity index (χ1v) is 7.80. The summed E-state index contributed by atoms with van der Waals surface area (Å²) in [5.41, 5.74) is 1.89. The third kappa shape index (κ3) is 5.17. The molecule has 0 aliphatic heterocycles. The van der Waals surface area contributed by atoms with Crippen LogP contribution in [0.3, 0.4) is 0 Å². The standard InChI is InChI=1S/C17H20N4O4/c1-11-4-3-5-13(12(11)2)19-16(24)10-15(23)18-8-9-21-17(25)7-6-14(22)20-21/h3-7H,8-10H2,1-2H3,(H,18,23)(H,19,24)(H,20,22). The summed E-state index contributed by atoms with van der Waals surface area (Å²) in [4.78, 5) is 46.4. The van der Waals surface area contributed by atoms with Gasteiger partial charge in [0.25, 0.3) is 11.1 Å².